The van der Waals surface area contributed by atoms with Gasteiger partial charge < -0.3 is 14.4 Å². The molecular formula is C25H23NO4. The second kappa shape index (κ2) is 6.62. The number of hydrogen-bond donors (Lipinski definition) is 0. The average Bonchev–Trinajstić information content (AvgIpc) is 3.38. The quantitative estimate of drug-likeness (QED) is 0.739. The molecule has 3 saturated heterocycles. The molecule has 4 heterocycles. The van der Waals surface area contributed by atoms with E-state index in [-0.39, 0.29) is 35.5 Å². The Bertz CT molecular complexity index is 1060. The minimum absolute atomic E-state index is 0.0376. The fraction of sp³-hybridized carbons (Fsp3) is 0.360. The number of Topliss-reactive ketones (excluding diaryl/α,β-unsaturated/α-hetero) is 2. The maximum Gasteiger partial charge on any atom is 0.218 e. The Morgan fingerprint density at radius 3 is 2.73 bits per heavy atom. The fourth-order valence-corrected chi connectivity index (χ4v) is 5.65. The fourth-order valence-electron chi connectivity index (χ4n) is 5.65. The number of hydrogen-bond acceptors (Lipinski definition) is 5. The highest BCUT2D eigenvalue weighted by atomic mass is 16.7. The van der Waals surface area contributed by atoms with Gasteiger partial charge in [-0.25, -0.2) is 0 Å². The molecule has 4 aliphatic rings. The van der Waals surface area contributed by atoms with Gasteiger partial charge in [-0.1, -0.05) is 61.5 Å². The molecule has 0 spiro atoms. The standard InChI is InChI=1S/C25H23NO4/c1-2-14-7-9-16(10-8-14)23(27)22-21-19-13-29-25(30-19)24(28)20(21)18-12-11-15-5-3-4-6-17(15)26(18)22/h3-12,18-22,25H,2,13H2,1H3/t18-,19+,20-,21-,22+,25+/m1/s1. The number of rotatable bonds is 3. The molecule has 152 valence electrons. The van der Waals surface area contributed by atoms with Crippen LogP contribution in [-0.4, -0.2) is 42.7 Å². The van der Waals surface area contributed by atoms with Gasteiger partial charge >= 0.3 is 0 Å². The normalized spacial score (nSPS) is 33.2. The van der Waals surface area contributed by atoms with Gasteiger partial charge in [0.2, 0.25) is 6.29 Å². The lowest BCUT2D eigenvalue weighted by molar-refractivity contribution is -0.163. The van der Waals surface area contributed by atoms with Crippen LogP contribution in [0.15, 0.2) is 54.6 Å². The summed E-state index contributed by atoms with van der Waals surface area (Å²) in [6, 6.07) is 15.3. The minimum atomic E-state index is -0.790. The van der Waals surface area contributed by atoms with Crippen molar-refractivity contribution in [3.8, 4) is 0 Å². The third-order valence-corrected chi connectivity index (χ3v) is 7.07. The number of carbonyl (C=O) groups excluding carboxylic acids is 2. The number of ether oxygens (including phenoxy) is 2. The van der Waals surface area contributed by atoms with Crippen molar-refractivity contribution in [3.63, 3.8) is 0 Å². The van der Waals surface area contributed by atoms with Crippen LogP contribution in [0.3, 0.4) is 0 Å². The van der Waals surface area contributed by atoms with Crippen LogP contribution in [0.25, 0.3) is 6.08 Å². The summed E-state index contributed by atoms with van der Waals surface area (Å²) in [5.74, 6) is -0.522. The van der Waals surface area contributed by atoms with Crippen molar-refractivity contribution in [2.75, 3.05) is 11.5 Å². The number of benzene rings is 2. The van der Waals surface area contributed by atoms with E-state index in [9.17, 15) is 9.59 Å². The Hall–Kier alpha value is -2.76. The molecule has 4 aliphatic heterocycles. The van der Waals surface area contributed by atoms with E-state index in [2.05, 4.69) is 30.0 Å². The van der Waals surface area contributed by atoms with Crippen LogP contribution in [0, 0.1) is 11.8 Å². The number of para-hydroxylation sites is 1. The molecule has 30 heavy (non-hydrogen) atoms. The lowest BCUT2D eigenvalue weighted by atomic mass is 9.77. The van der Waals surface area contributed by atoms with Gasteiger partial charge in [-0.3, -0.25) is 9.59 Å². The molecule has 5 heteroatoms. The topological polar surface area (TPSA) is 55.8 Å². The lowest BCUT2D eigenvalue weighted by Gasteiger charge is -2.35. The Kier molecular flexibility index (Phi) is 3.98. The molecule has 5 nitrogen and oxygen atoms in total. The van der Waals surface area contributed by atoms with Crippen molar-refractivity contribution in [1.29, 1.82) is 0 Å². The van der Waals surface area contributed by atoms with Gasteiger partial charge in [-0.2, -0.15) is 0 Å². The maximum absolute atomic E-state index is 13.9. The lowest BCUT2D eigenvalue weighted by Crippen LogP contribution is -2.48. The highest BCUT2D eigenvalue weighted by molar-refractivity contribution is 6.05. The SMILES string of the molecule is CCc1ccc(C(=O)[C@@H]2[C@H]3[C@H](C(=O)[C@H]4OC[C@@H]3O4)[C@H]3C=Cc4ccccc4N32)cc1. The summed E-state index contributed by atoms with van der Waals surface area (Å²) in [6.07, 6.45) is 4.05. The van der Waals surface area contributed by atoms with Crippen molar-refractivity contribution in [3.05, 3.63) is 71.3 Å². The van der Waals surface area contributed by atoms with Crippen molar-refractivity contribution in [1.82, 2.24) is 0 Å². The minimum Gasteiger partial charge on any atom is -0.353 e. The second-order valence-electron chi connectivity index (χ2n) is 8.52. The number of ketones is 2. The highest BCUT2D eigenvalue weighted by Gasteiger charge is 2.63. The van der Waals surface area contributed by atoms with E-state index in [1.54, 1.807) is 0 Å². The zero-order valence-electron chi connectivity index (χ0n) is 16.7. The summed E-state index contributed by atoms with van der Waals surface area (Å²) in [6.45, 7) is 2.46. The molecule has 0 aliphatic carbocycles. The average molecular weight is 401 g/mol. The summed E-state index contributed by atoms with van der Waals surface area (Å²) in [5.41, 5.74) is 3.95. The molecule has 0 amide bonds. The summed E-state index contributed by atoms with van der Waals surface area (Å²) < 4.78 is 11.5. The molecule has 0 N–H and O–H groups in total. The molecular weight excluding hydrogens is 378 g/mol. The molecule has 0 aromatic heterocycles. The van der Waals surface area contributed by atoms with E-state index >= 15 is 0 Å². The predicted octanol–water partition coefficient (Wildman–Crippen LogP) is 3.27. The van der Waals surface area contributed by atoms with Gasteiger partial charge in [0.15, 0.2) is 11.6 Å². The van der Waals surface area contributed by atoms with Crippen LogP contribution >= 0.6 is 0 Å². The number of aryl methyl sites for hydroxylation is 1. The zero-order valence-corrected chi connectivity index (χ0v) is 16.7. The Balaban J connectivity index is 1.49. The smallest absolute Gasteiger partial charge is 0.218 e. The van der Waals surface area contributed by atoms with Crippen LogP contribution in [0.2, 0.25) is 0 Å². The Morgan fingerprint density at radius 1 is 1.13 bits per heavy atom. The van der Waals surface area contributed by atoms with E-state index in [4.69, 9.17) is 9.47 Å². The first kappa shape index (κ1) is 18.0. The van der Waals surface area contributed by atoms with Crippen LogP contribution in [0.5, 0.6) is 0 Å². The number of fused-ring (bicyclic) bond motifs is 8. The third-order valence-electron chi connectivity index (χ3n) is 7.07. The third kappa shape index (κ3) is 2.42. The molecule has 6 rings (SSSR count). The van der Waals surface area contributed by atoms with Crippen molar-refractivity contribution in [2.24, 2.45) is 11.8 Å². The molecule has 0 radical (unpaired) electrons. The largest absolute Gasteiger partial charge is 0.353 e. The highest BCUT2D eigenvalue weighted by Crippen LogP contribution is 2.50. The van der Waals surface area contributed by atoms with E-state index in [0.717, 1.165) is 17.7 Å². The monoisotopic (exact) mass is 401 g/mol. The van der Waals surface area contributed by atoms with Crippen molar-refractivity contribution < 1.29 is 19.1 Å². The van der Waals surface area contributed by atoms with Crippen LogP contribution in [0.4, 0.5) is 5.69 Å². The van der Waals surface area contributed by atoms with Crippen molar-refractivity contribution >= 4 is 23.3 Å². The number of nitrogens with zero attached hydrogens (tertiary/aromatic N) is 1. The summed E-state index contributed by atoms with van der Waals surface area (Å²) in [4.78, 5) is 29.2. The molecule has 0 unspecified atom stereocenters. The summed E-state index contributed by atoms with van der Waals surface area (Å²) >= 11 is 0. The zero-order chi connectivity index (χ0) is 20.4. The van der Waals surface area contributed by atoms with Crippen LogP contribution < -0.4 is 4.90 Å². The van der Waals surface area contributed by atoms with E-state index < -0.39 is 12.3 Å². The first-order chi connectivity index (χ1) is 14.7. The summed E-state index contributed by atoms with van der Waals surface area (Å²) in [7, 11) is 0. The van der Waals surface area contributed by atoms with Gasteiger partial charge in [0.1, 0.15) is 0 Å². The predicted molar refractivity (Wildman–Crippen MR) is 112 cm³/mol. The molecule has 2 aromatic rings. The van der Waals surface area contributed by atoms with E-state index in [0.29, 0.717) is 12.2 Å². The van der Waals surface area contributed by atoms with Gasteiger partial charge in [0.25, 0.3) is 0 Å². The summed E-state index contributed by atoms with van der Waals surface area (Å²) in [5, 5.41) is 0. The molecule has 6 atom stereocenters. The van der Waals surface area contributed by atoms with Crippen LogP contribution in [-0.2, 0) is 20.7 Å². The molecule has 3 fully saturated rings. The van der Waals surface area contributed by atoms with Gasteiger partial charge in [0, 0.05) is 17.2 Å². The first-order valence-corrected chi connectivity index (χ1v) is 10.7. The molecule has 2 aromatic carbocycles. The first-order valence-electron chi connectivity index (χ1n) is 10.7. The van der Waals surface area contributed by atoms with E-state index in [1.807, 2.05) is 42.5 Å². The molecule has 0 saturated carbocycles. The second-order valence-corrected chi connectivity index (χ2v) is 8.52. The van der Waals surface area contributed by atoms with Gasteiger partial charge in [-0.15, -0.1) is 0 Å². The maximum atomic E-state index is 13.9. The van der Waals surface area contributed by atoms with Gasteiger partial charge in [-0.05, 0) is 23.6 Å². The molecule has 2 bridgehead atoms. The Morgan fingerprint density at radius 2 is 1.93 bits per heavy atom. The number of anilines is 1. The van der Waals surface area contributed by atoms with Crippen LogP contribution in [0.1, 0.15) is 28.4 Å². The van der Waals surface area contributed by atoms with Crippen molar-refractivity contribution in [2.45, 2.75) is 37.8 Å². The number of carbonyl (C=O) groups is 2. The Labute approximate surface area is 175 Å². The van der Waals surface area contributed by atoms with E-state index in [1.165, 1.54) is 5.56 Å². The van der Waals surface area contributed by atoms with Gasteiger partial charge in [0.05, 0.1) is 30.7 Å².